The summed E-state index contributed by atoms with van der Waals surface area (Å²) in [6.07, 6.45) is 4.28. The fourth-order valence-electron chi connectivity index (χ4n) is 1.45. The number of rotatable bonds is 5. The first-order chi connectivity index (χ1) is 7.83. The Hall–Kier alpha value is -1.48. The van der Waals surface area contributed by atoms with Gasteiger partial charge in [0.25, 0.3) is 0 Å². The van der Waals surface area contributed by atoms with Gasteiger partial charge in [-0.25, -0.2) is 0 Å². The number of hydrogen-bond acceptors (Lipinski definition) is 3. The number of ether oxygens (including phenoxy) is 3. The summed E-state index contributed by atoms with van der Waals surface area (Å²) in [5.74, 6) is 1.53. The quantitative estimate of drug-likeness (QED) is 0.714. The van der Waals surface area contributed by atoms with Crippen LogP contribution in [0.15, 0.2) is 24.3 Å². The van der Waals surface area contributed by atoms with E-state index in [0.29, 0.717) is 6.61 Å². The van der Waals surface area contributed by atoms with Crippen LogP contribution in [0.1, 0.15) is 12.5 Å². The molecule has 1 aliphatic rings. The van der Waals surface area contributed by atoms with Crippen LogP contribution in [0.25, 0.3) is 6.08 Å². The van der Waals surface area contributed by atoms with Crippen LogP contribution in [0.2, 0.25) is 0 Å². The van der Waals surface area contributed by atoms with Crippen LogP contribution in [0.5, 0.6) is 11.5 Å². The van der Waals surface area contributed by atoms with Crippen molar-refractivity contribution in [2.75, 3.05) is 20.3 Å². The van der Waals surface area contributed by atoms with E-state index in [0.717, 1.165) is 23.7 Å². The summed E-state index contributed by atoms with van der Waals surface area (Å²) in [7, 11) is 1.65. The molecule has 3 nitrogen and oxygen atoms in total. The number of methoxy groups -OCH3 is 1. The van der Waals surface area contributed by atoms with E-state index in [1.54, 1.807) is 7.11 Å². The fraction of sp³-hybridized carbons (Fsp3) is 0.385. The van der Waals surface area contributed by atoms with Gasteiger partial charge in [0.1, 0.15) is 12.7 Å². The Bertz CT molecular complexity index is 381. The average Bonchev–Trinajstić information content (AvgIpc) is 3.11. The molecule has 16 heavy (non-hydrogen) atoms. The van der Waals surface area contributed by atoms with Gasteiger partial charge in [0.2, 0.25) is 0 Å². The normalized spacial score (nSPS) is 18.8. The zero-order valence-corrected chi connectivity index (χ0v) is 9.60. The van der Waals surface area contributed by atoms with E-state index in [1.807, 2.05) is 37.3 Å². The van der Waals surface area contributed by atoms with Gasteiger partial charge in [0.05, 0.1) is 13.7 Å². The van der Waals surface area contributed by atoms with Crippen molar-refractivity contribution in [1.29, 1.82) is 0 Å². The maximum atomic E-state index is 5.61. The Balaban J connectivity index is 2.09. The van der Waals surface area contributed by atoms with Gasteiger partial charge in [-0.1, -0.05) is 18.2 Å². The first-order valence-electron chi connectivity index (χ1n) is 5.38. The second kappa shape index (κ2) is 5.03. The van der Waals surface area contributed by atoms with Crippen molar-refractivity contribution in [3.8, 4) is 11.5 Å². The standard InChI is InChI=1S/C13H16O3/c1-3-4-10-5-6-12(13(7-10)14-2)16-9-11-8-15-11/h3-7,11H,8-9H2,1-2H3/b4-3+. The topological polar surface area (TPSA) is 31.0 Å². The maximum Gasteiger partial charge on any atom is 0.161 e. The van der Waals surface area contributed by atoms with Gasteiger partial charge in [0.15, 0.2) is 11.5 Å². The molecule has 1 heterocycles. The lowest BCUT2D eigenvalue weighted by atomic mass is 10.2. The molecule has 2 rings (SSSR count). The van der Waals surface area contributed by atoms with Gasteiger partial charge in [-0.15, -0.1) is 0 Å². The molecule has 0 aliphatic carbocycles. The Morgan fingerprint density at radius 1 is 1.44 bits per heavy atom. The highest BCUT2D eigenvalue weighted by molar-refractivity contribution is 5.55. The van der Waals surface area contributed by atoms with E-state index < -0.39 is 0 Å². The minimum atomic E-state index is 0.264. The van der Waals surface area contributed by atoms with Crippen LogP contribution in [-0.2, 0) is 4.74 Å². The predicted octanol–water partition coefficient (Wildman–Crippen LogP) is 2.51. The average molecular weight is 220 g/mol. The van der Waals surface area contributed by atoms with Gasteiger partial charge < -0.3 is 14.2 Å². The molecule has 0 bridgehead atoms. The van der Waals surface area contributed by atoms with E-state index in [2.05, 4.69) is 0 Å². The van der Waals surface area contributed by atoms with E-state index in [9.17, 15) is 0 Å². The highest BCUT2D eigenvalue weighted by atomic mass is 16.6. The number of allylic oxidation sites excluding steroid dienone is 1. The zero-order chi connectivity index (χ0) is 11.4. The molecule has 0 radical (unpaired) electrons. The molecule has 0 spiro atoms. The van der Waals surface area contributed by atoms with Crippen molar-refractivity contribution >= 4 is 6.08 Å². The van der Waals surface area contributed by atoms with Gasteiger partial charge >= 0.3 is 0 Å². The highest BCUT2D eigenvalue weighted by Gasteiger charge is 2.23. The number of epoxide rings is 1. The third-order valence-electron chi connectivity index (χ3n) is 2.37. The molecule has 0 N–H and O–H groups in total. The highest BCUT2D eigenvalue weighted by Crippen LogP contribution is 2.29. The van der Waals surface area contributed by atoms with Crippen LogP contribution < -0.4 is 9.47 Å². The molecule has 1 unspecified atom stereocenters. The van der Waals surface area contributed by atoms with Gasteiger partial charge in [-0.2, -0.15) is 0 Å². The molecule has 0 amide bonds. The third-order valence-corrected chi connectivity index (χ3v) is 2.37. The van der Waals surface area contributed by atoms with Crippen LogP contribution in [0.4, 0.5) is 0 Å². The zero-order valence-electron chi connectivity index (χ0n) is 9.60. The Morgan fingerprint density at radius 3 is 2.88 bits per heavy atom. The van der Waals surface area contributed by atoms with Gasteiger partial charge in [-0.3, -0.25) is 0 Å². The lowest BCUT2D eigenvalue weighted by Crippen LogP contribution is -2.05. The molecule has 86 valence electrons. The minimum Gasteiger partial charge on any atom is -0.493 e. The third kappa shape index (κ3) is 2.76. The molecule has 1 fully saturated rings. The lowest BCUT2D eigenvalue weighted by molar-refractivity contribution is 0.252. The maximum absolute atomic E-state index is 5.61. The van der Waals surface area contributed by atoms with E-state index in [4.69, 9.17) is 14.2 Å². The Morgan fingerprint density at radius 2 is 2.25 bits per heavy atom. The van der Waals surface area contributed by atoms with Crippen molar-refractivity contribution in [3.63, 3.8) is 0 Å². The molecule has 1 saturated heterocycles. The van der Waals surface area contributed by atoms with E-state index in [1.165, 1.54) is 0 Å². The van der Waals surface area contributed by atoms with Crippen LogP contribution in [-0.4, -0.2) is 26.4 Å². The number of hydrogen-bond donors (Lipinski definition) is 0. The summed E-state index contributed by atoms with van der Waals surface area (Å²) in [5, 5.41) is 0. The summed E-state index contributed by atoms with van der Waals surface area (Å²) < 4.78 is 16.0. The van der Waals surface area contributed by atoms with Gasteiger partial charge in [0, 0.05) is 0 Å². The van der Waals surface area contributed by atoms with E-state index >= 15 is 0 Å². The molecule has 1 aromatic carbocycles. The second-order valence-corrected chi connectivity index (χ2v) is 3.68. The molecule has 0 saturated carbocycles. The van der Waals surface area contributed by atoms with Crippen molar-refractivity contribution in [2.45, 2.75) is 13.0 Å². The lowest BCUT2D eigenvalue weighted by Gasteiger charge is -2.10. The molecule has 1 atom stereocenters. The molecule has 1 aliphatic heterocycles. The smallest absolute Gasteiger partial charge is 0.161 e. The monoisotopic (exact) mass is 220 g/mol. The molecule has 1 aromatic rings. The second-order valence-electron chi connectivity index (χ2n) is 3.68. The van der Waals surface area contributed by atoms with Crippen LogP contribution in [0.3, 0.4) is 0 Å². The van der Waals surface area contributed by atoms with Crippen molar-refractivity contribution in [2.24, 2.45) is 0 Å². The first-order valence-corrected chi connectivity index (χ1v) is 5.38. The Kier molecular flexibility index (Phi) is 3.47. The van der Waals surface area contributed by atoms with Crippen LogP contribution in [0, 0.1) is 0 Å². The Labute approximate surface area is 95.6 Å². The fourth-order valence-corrected chi connectivity index (χ4v) is 1.45. The van der Waals surface area contributed by atoms with E-state index in [-0.39, 0.29) is 6.10 Å². The van der Waals surface area contributed by atoms with Crippen molar-refractivity contribution < 1.29 is 14.2 Å². The van der Waals surface area contributed by atoms with Crippen molar-refractivity contribution in [3.05, 3.63) is 29.8 Å². The largest absolute Gasteiger partial charge is 0.493 e. The summed E-state index contributed by atoms with van der Waals surface area (Å²) in [6.45, 7) is 3.39. The summed E-state index contributed by atoms with van der Waals surface area (Å²) in [6, 6.07) is 5.89. The number of benzene rings is 1. The van der Waals surface area contributed by atoms with Crippen LogP contribution >= 0.6 is 0 Å². The van der Waals surface area contributed by atoms with Crippen molar-refractivity contribution in [1.82, 2.24) is 0 Å². The predicted molar refractivity (Wildman–Crippen MR) is 62.9 cm³/mol. The molecule has 3 heteroatoms. The first kappa shape index (κ1) is 11.0. The minimum absolute atomic E-state index is 0.264. The summed E-state index contributed by atoms with van der Waals surface area (Å²) >= 11 is 0. The summed E-state index contributed by atoms with van der Waals surface area (Å²) in [5.41, 5.74) is 1.11. The van der Waals surface area contributed by atoms with Gasteiger partial charge in [-0.05, 0) is 24.6 Å². The SMILES string of the molecule is C/C=C/c1ccc(OCC2CO2)c(OC)c1. The molecular weight excluding hydrogens is 204 g/mol. The molecule has 0 aromatic heterocycles. The summed E-state index contributed by atoms with van der Waals surface area (Å²) in [4.78, 5) is 0. The molecular formula is C13H16O3.